The molecule has 4 nitrogen and oxygen atoms in total. The van der Waals surface area contributed by atoms with E-state index in [4.69, 9.17) is 17.3 Å². The van der Waals surface area contributed by atoms with Crippen LogP contribution in [0.2, 0.25) is 5.15 Å². The van der Waals surface area contributed by atoms with E-state index in [9.17, 15) is 4.79 Å². The molecule has 0 saturated heterocycles. The van der Waals surface area contributed by atoms with E-state index >= 15 is 0 Å². The van der Waals surface area contributed by atoms with Crippen LogP contribution < -0.4 is 5.73 Å². The second kappa shape index (κ2) is 4.57. The third kappa shape index (κ3) is 3.21. The van der Waals surface area contributed by atoms with Crippen LogP contribution in [0.5, 0.6) is 0 Å². The number of hydrogen-bond donors (Lipinski definition) is 1. The molecule has 0 unspecified atom stereocenters. The first-order valence-corrected chi connectivity index (χ1v) is 3.98. The lowest BCUT2D eigenvalue weighted by Crippen LogP contribution is -2.07. The van der Waals surface area contributed by atoms with Gasteiger partial charge in [0.15, 0.2) is 0 Å². The Balaban J connectivity index is 2.68. The van der Waals surface area contributed by atoms with E-state index in [1.54, 1.807) is 18.3 Å². The van der Waals surface area contributed by atoms with Crippen LogP contribution >= 0.6 is 11.6 Å². The molecule has 0 bridgehead atoms. The van der Waals surface area contributed by atoms with E-state index in [0.29, 0.717) is 10.7 Å². The minimum Gasteiger partial charge on any atom is -0.369 e. The molecule has 1 aromatic heterocycles. The minimum absolute atomic E-state index is 0.186. The Morgan fingerprint density at radius 2 is 2.46 bits per heavy atom. The van der Waals surface area contributed by atoms with Gasteiger partial charge in [0, 0.05) is 18.2 Å². The van der Waals surface area contributed by atoms with Crippen LogP contribution in [0.25, 0.3) is 6.08 Å². The molecule has 1 amide bonds. The fraction of sp³-hybridized carbons (Fsp3) is 0.125. The maximum absolute atomic E-state index is 10.4. The number of nitrogens with two attached hydrogens (primary N) is 1. The summed E-state index contributed by atoms with van der Waals surface area (Å²) in [5.74, 6) is -0.385. The quantitative estimate of drug-likeness (QED) is 0.736. The van der Waals surface area contributed by atoms with Gasteiger partial charge in [-0.25, -0.2) is 9.97 Å². The summed E-state index contributed by atoms with van der Waals surface area (Å²) in [5, 5.41) is 0.357. The third-order valence-electron chi connectivity index (χ3n) is 1.31. The Morgan fingerprint density at radius 3 is 3.08 bits per heavy atom. The third-order valence-corrected chi connectivity index (χ3v) is 1.62. The van der Waals surface area contributed by atoms with Gasteiger partial charge in [-0.15, -0.1) is 0 Å². The van der Waals surface area contributed by atoms with Crippen molar-refractivity contribution in [2.75, 3.05) is 0 Å². The first-order chi connectivity index (χ1) is 6.20. The summed E-state index contributed by atoms with van der Waals surface area (Å²) in [6, 6.07) is 0. The van der Waals surface area contributed by atoms with E-state index in [-0.39, 0.29) is 12.3 Å². The highest BCUT2D eigenvalue weighted by Gasteiger charge is 1.95. The number of carbonyl (C=O) groups is 1. The first kappa shape index (κ1) is 9.67. The molecule has 1 aromatic rings. The largest absolute Gasteiger partial charge is 0.369 e. The van der Waals surface area contributed by atoms with Gasteiger partial charge >= 0.3 is 0 Å². The summed E-state index contributed by atoms with van der Waals surface area (Å²) in [4.78, 5) is 17.9. The summed E-state index contributed by atoms with van der Waals surface area (Å²) in [6.45, 7) is 0. The van der Waals surface area contributed by atoms with Crippen LogP contribution in [0.1, 0.15) is 12.0 Å². The number of hydrogen-bond acceptors (Lipinski definition) is 3. The Bertz CT molecular complexity index is 338. The minimum atomic E-state index is -0.385. The van der Waals surface area contributed by atoms with E-state index < -0.39 is 0 Å². The van der Waals surface area contributed by atoms with Crippen LogP contribution in [-0.2, 0) is 4.79 Å². The molecule has 0 aliphatic carbocycles. The number of amides is 1. The summed E-state index contributed by atoms with van der Waals surface area (Å²) in [6.07, 6.45) is 6.38. The van der Waals surface area contributed by atoms with Gasteiger partial charge in [0.05, 0.1) is 0 Å². The second-order valence-electron chi connectivity index (χ2n) is 2.34. The Hall–Kier alpha value is -1.42. The molecule has 0 atom stereocenters. The van der Waals surface area contributed by atoms with Crippen molar-refractivity contribution >= 4 is 23.6 Å². The van der Waals surface area contributed by atoms with Crippen LogP contribution in [0.4, 0.5) is 0 Å². The average Bonchev–Trinajstić information content (AvgIpc) is 2.08. The normalized spacial score (nSPS) is 10.5. The van der Waals surface area contributed by atoms with Gasteiger partial charge in [-0.1, -0.05) is 23.8 Å². The molecule has 68 valence electrons. The summed E-state index contributed by atoms with van der Waals surface area (Å²) >= 11 is 5.72. The van der Waals surface area contributed by atoms with Gasteiger partial charge in [-0.2, -0.15) is 0 Å². The first-order valence-electron chi connectivity index (χ1n) is 3.60. The lowest BCUT2D eigenvalue weighted by molar-refractivity contribution is -0.117. The fourth-order valence-corrected chi connectivity index (χ4v) is 0.895. The summed E-state index contributed by atoms with van der Waals surface area (Å²) in [7, 11) is 0. The van der Waals surface area contributed by atoms with Crippen LogP contribution in [0.15, 0.2) is 18.6 Å². The molecule has 1 rings (SSSR count). The van der Waals surface area contributed by atoms with Crippen molar-refractivity contribution in [3.63, 3.8) is 0 Å². The molecule has 0 aliphatic heterocycles. The van der Waals surface area contributed by atoms with Gasteiger partial charge in [0.2, 0.25) is 5.91 Å². The van der Waals surface area contributed by atoms with Crippen LogP contribution in [0, 0.1) is 0 Å². The Morgan fingerprint density at radius 1 is 1.69 bits per heavy atom. The molecule has 0 aliphatic rings. The maximum atomic E-state index is 10.4. The highest BCUT2D eigenvalue weighted by atomic mass is 35.5. The molecule has 0 spiro atoms. The predicted octanol–water partition coefficient (Wildman–Crippen LogP) is 1.02. The zero-order valence-electron chi connectivity index (χ0n) is 6.77. The summed E-state index contributed by atoms with van der Waals surface area (Å²) < 4.78 is 0. The highest BCUT2D eigenvalue weighted by molar-refractivity contribution is 6.30. The van der Waals surface area contributed by atoms with Gasteiger partial charge in [-0.05, 0) is 0 Å². The van der Waals surface area contributed by atoms with Crippen molar-refractivity contribution in [3.8, 4) is 0 Å². The van der Waals surface area contributed by atoms with Crippen molar-refractivity contribution < 1.29 is 4.79 Å². The molecular formula is C8H8ClN3O. The maximum Gasteiger partial charge on any atom is 0.221 e. The van der Waals surface area contributed by atoms with Crippen molar-refractivity contribution in [2.45, 2.75) is 6.42 Å². The number of halogens is 1. The fourth-order valence-electron chi connectivity index (χ4n) is 0.739. The highest BCUT2D eigenvalue weighted by Crippen LogP contribution is 2.11. The lowest BCUT2D eigenvalue weighted by atomic mass is 10.3. The number of rotatable bonds is 3. The zero-order chi connectivity index (χ0) is 9.68. The second-order valence-corrected chi connectivity index (χ2v) is 2.70. The van der Waals surface area contributed by atoms with Crippen LogP contribution in [-0.4, -0.2) is 15.9 Å². The van der Waals surface area contributed by atoms with Crippen LogP contribution in [0.3, 0.4) is 0 Å². The number of carbonyl (C=O) groups excluding carboxylic acids is 1. The van der Waals surface area contributed by atoms with Crippen molar-refractivity contribution in [3.05, 3.63) is 29.3 Å². The van der Waals surface area contributed by atoms with Gasteiger partial charge < -0.3 is 5.73 Å². The van der Waals surface area contributed by atoms with Gasteiger partial charge in [0.25, 0.3) is 0 Å². The molecule has 1 heterocycles. The Kier molecular flexibility index (Phi) is 3.40. The SMILES string of the molecule is NC(=O)CC=Cc1cncnc1Cl. The van der Waals surface area contributed by atoms with E-state index in [1.807, 2.05) is 0 Å². The Labute approximate surface area is 80.4 Å². The molecular weight excluding hydrogens is 190 g/mol. The van der Waals surface area contributed by atoms with Gasteiger partial charge in [0.1, 0.15) is 11.5 Å². The van der Waals surface area contributed by atoms with E-state index in [2.05, 4.69) is 9.97 Å². The molecule has 0 saturated carbocycles. The van der Waals surface area contributed by atoms with Crippen molar-refractivity contribution in [1.82, 2.24) is 9.97 Å². The molecule has 0 radical (unpaired) electrons. The standard InChI is InChI=1S/C8H8ClN3O/c9-8-6(4-11-5-12-8)2-1-3-7(10)13/h1-2,4-5H,3H2,(H2,10,13). The van der Waals surface area contributed by atoms with Gasteiger partial charge in [-0.3, -0.25) is 4.79 Å². The smallest absolute Gasteiger partial charge is 0.221 e. The zero-order valence-corrected chi connectivity index (χ0v) is 7.53. The number of aromatic nitrogens is 2. The predicted molar refractivity (Wildman–Crippen MR) is 49.9 cm³/mol. The molecule has 0 fully saturated rings. The summed E-state index contributed by atoms with van der Waals surface area (Å²) in [5.41, 5.74) is 5.61. The number of nitrogens with zero attached hydrogens (tertiary/aromatic N) is 2. The molecule has 13 heavy (non-hydrogen) atoms. The monoisotopic (exact) mass is 197 g/mol. The molecule has 2 N–H and O–H groups in total. The van der Waals surface area contributed by atoms with Crippen molar-refractivity contribution in [2.24, 2.45) is 5.73 Å². The lowest BCUT2D eigenvalue weighted by Gasteiger charge is -1.93. The topological polar surface area (TPSA) is 68.9 Å². The number of primary amides is 1. The van der Waals surface area contributed by atoms with E-state index in [0.717, 1.165) is 0 Å². The van der Waals surface area contributed by atoms with Crippen molar-refractivity contribution in [1.29, 1.82) is 0 Å². The molecule has 0 aromatic carbocycles. The average molecular weight is 198 g/mol. The van der Waals surface area contributed by atoms with E-state index in [1.165, 1.54) is 6.33 Å². The molecule has 5 heteroatoms.